The van der Waals surface area contributed by atoms with Crippen LogP contribution in [0.1, 0.15) is 53.4 Å². The molecule has 16 heavy (non-hydrogen) atoms. The van der Waals surface area contributed by atoms with E-state index in [0.29, 0.717) is 11.3 Å². The van der Waals surface area contributed by atoms with Crippen molar-refractivity contribution in [3.63, 3.8) is 0 Å². The van der Waals surface area contributed by atoms with Crippen LogP contribution in [-0.4, -0.2) is 28.7 Å². The Hall–Kier alpha value is -0.120. The third-order valence-corrected chi connectivity index (χ3v) is 4.19. The van der Waals surface area contributed by atoms with Crippen LogP contribution in [0.15, 0.2) is 0 Å². The minimum Gasteiger partial charge on any atom is -0.370 e. The van der Waals surface area contributed by atoms with Gasteiger partial charge in [0.15, 0.2) is 6.29 Å². The van der Waals surface area contributed by atoms with Gasteiger partial charge in [-0.2, -0.15) is 0 Å². The van der Waals surface area contributed by atoms with Crippen molar-refractivity contribution in [1.29, 1.82) is 0 Å². The van der Waals surface area contributed by atoms with Crippen LogP contribution >= 0.6 is 0 Å². The molecule has 0 aliphatic heterocycles. The Morgan fingerprint density at radius 1 is 1.25 bits per heavy atom. The van der Waals surface area contributed by atoms with Gasteiger partial charge in [0.25, 0.3) is 0 Å². The summed E-state index contributed by atoms with van der Waals surface area (Å²) in [6, 6.07) is 0. The first-order chi connectivity index (χ1) is 7.35. The first-order valence-corrected chi connectivity index (χ1v) is 6.37. The summed E-state index contributed by atoms with van der Waals surface area (Å²) in [5.41, 5.74) is 0.336. The number of ether oxygens (including phenoxy) is 1. The summed E-state index contributed by atoms with van der Waals surface area (Å²) in [5.74, 6) is 0.647. The number of aliphatic hydroxyl groups excluding tert-OH is 1. The van der Waals surface area contributed by atoms with E-state index in [2.05, 4.69) is 20.8 Å². The van der Waals surface area contributed by atoms with Gasteiger partial charge in [-0.1, -0.05) is 27.2 Å². The Balaban J connectivity index is 2.51. The molecule has 1 rings (SSSR count). The molecule has 0 aromatic heterocycles. The maximum atomic E-state index is 9.02. The van der Waals surface area contributed by atoms with E-state index in [9.17, 15) is 0 Å². The van der Waals surface area contributed by atoms with Crippen molar-refractivity contribution < 1.29 is 14.9 Å². The Kier molecular flexibility index (Phi) is 4.77. The molecule has 0 aromatic rings. The molecule has 2 N–H and O–H groups in total. The highest BCUT2D eigenvalue weighted by Crippen LogP contribution is 2.43. The maximum Gasteiger partial charge on any atom is 0.178 e. The molecule has 0 aromatic carbocycles. The van der Waals surface area contributed by atoms with Gasteiger partial charge in [0.2, 0.25) is 0 Å². The Morgan fingerprint density at radius 2 is 1.88 bits per heavy atom. The quantitative estimate of drug-likeness (QED) is 0.729. The van der Waals surface area contributed by atoms with E-state index in [1.165, 1.54) is 12.8 Å². The standard InChI is InChI=1S/C13H26O3/c1-9(2)13(4)7-5-6-11(8-13)16-10(3)12(14)15/h9-12,14-15H,5-8H2,1-4H3. The van der Waals surface area contributed by atoms with Crippen LogP contribution in [0.3, 0.4) is 0 Å². The van der Waals surface area contributed by atoms with Crippen molar-refractivity contribution in [2.24, 2.45) is 11.3 Å². The lowest BCUT2D eigenvalue weighted by atomic mass is 9.67. The molecule has 0 saturated heterocycles. The SMILES string of the molecule is CC(OC1CCCC(C)(C(C)C)C1)C(O)O. The highest BCUT2D eigenvalue weighted by molar-refractivity contribution is 4.86. The second kappa shape index (κ2) is 5.48. The highest BCUT2D eigenvalue weighted by atomic mass is 16.6. The van der Waals surface area contributed by atoms with Gasteiger partial charge >= 0.3 is 0 Å². The first kappa shape index (κ1) is 13.9. The van der Waals surface area contributed by atoms with Crippen LogP contribution < -0.4 is 0 Å². The second-order valence-electron chi connectivity index (χ2n) is 5.78. The lowest BCUT2D eigenvalue weighted by Gasteiger charge is -2.42. The van der Waals surface area contributed by atoms with Gasteiger partial charge in [0.05, 0.1) is 6.10 Å². The van der Waals surface area contributed by atoms with E-state index in [4.69, 9.17) is 14.9 Å². The average Bonchev–Trinajstić information content (AvgIpc) is 2.17. The predicted octanol–water partition coefficient (Wildman–Crippen LogP) is 2.31. The van der Waals surface area contributed by atoms with Gasteiger partial charge in [-0.3, -0.25) is 0 Å². The summed E-state index contributed by atoms with van der Waals surface area (Å²) < 4.78 is 5.70. The molecule has 1 fully saturated rings. The number of rotatable bonds is 4. The molecular formula is C13H26O3. The minimum atomic E-state index is -1.37. The molecule has 0 spiro atoms. The first-order valence-electron chi connectivity index (χ1n) is 6.37. The van der Waals surface area contributed by atoms with Gasteiger partial charge in [-0.05, 0) is 37.5 Å². The zero-order valence-electron chi connectivity index (χ0n) is 10.9. The summed E-state index contributed by atoms with van der Waals surface area (Å²) in [7, 11) is 0. The second-order valence-corrected chi connectivity index (χ2v) is 5.78. The molecule has 3 atom stereocenters. The van der Waals surface area contributed by atoms with E-state index < -0.39 is 12.4 Å². The van der Waals surface area contributed by atoms with Gasteiger partial charge < -0.3 is 14.9 Å². The highest BCUT2D eigenvalue weighted by Gasteiger charge is 2.36. The molecule has 3 nitrogen and oxygen atoms in total. The van der Waals surface area contributed by atoms with Crippen molar-refractivity contribution >= 4 is 0 Å². The van der Waals surface area contributed by atoms with Gasteiger partial charge in [-0.25, -0.2) is 0 Å². The molecule has 0 amide bonds. The van der Waals surface area contributed by atoms with Crippen molar-refractivity contribution in [3.8, 4) is 0 Å². The van der Waals surface area contributed by atoms with Crippen LogP contribution in [0.5, 0.6) is 0 Å². The lowest BCUT2D eigenvalue weighted by molar-refractivity contribution is -0.169. The maximum absolute atomic E-state index is 9.02. The van der Waals surface area contributed by atoms with Crippen LogP contribution in [0.4, 0.5) is 0 Å². The Labute approximate surface area is 98.8 Å². The average molecular weight is 230 g/mol. The van der Waals surface area contributed by atoms with Gasteiger partial charge in [-0.15, -0.1) is 0 Å². The summed E-state index contributed by atoms with van der Waals surface area (Å²) in [6.07, 6.45) is 2.82. The number of hydrogen-bond donors (Lipinski definition) is 2. The fourth-order valence-corrected chi connectivity index (χ4v) is 2.47. The van der Waals surface area contributed by atoms with E-state index in [0.717, 1.165) is 12.8 Å². The largest absolute Gasteiger partial charge is 0.370 e. The third-order valence-electron chi connectivity index (χ3n) is 4.19. The fraction of sp³-hybridized carbons (Fsp3) is 1.00. The summed E-state index contributed by atoms with van der Waals surface area (Å²) in [6.45, 7) is 8.54. The van der Waals surface area contributed by atoms with Crippen molar-refractivity contribution in [3.05, 3.63) is 0 Å². The summed E-state index contributed by atoms with van der Waals surface area (Å²) in [5, 5.41) is 18.0. The molecule has 3 unspecified atom stereocenters. The number of aliphatic hydroxyl groups is 2. The molecule has 1 aliphatic carbocycles. The zero-order valence-corrected chi connectivity index (χ0v) is 10.9. The minimum absolute atomic E-state index is 0.179. The molecular weight excluding hydrogens is 204 g/mol. The molecule has 3 heteroatoms. The van der Waals surface area contributed by atoms with E-state index >= 15 is 0 Å². The zero-order chi connectivity index (χ0) is 12.3. The lowest BCUT2D eigenvalue weighted by Crippen LogP contribution is -2.38. The predicted molar refractivity (Wildman–Crippen MR) is 64.0 cm³/mol. The van der Waals surface area contributed by atoms with Crippen molar-refractivity contribution in [1.82, 2.24) is 0 Å². The normalized spacial score (nSPS) is 33.4. The monoisotopic (exact) mass is 230 g/mol. The van der Waals surface area contributed by atoms with E-state index in [1.807, 2.05) is 0 Å². The Bertz CT molecular complexity index is 215. The molecule has 0 bridgehead atoms. The topological polar surface area (TPSA) is 49.7 Å². The van der Waals surface area contributed by atoms with E-state index in [1.54, 1.807) is 6.92 Å². The molecule has 0 radical (unpaired) electrons. The van der Waals surface area contributed by atoms with Crippen LogP contribution in [0.25, 0.3) is 0 Å². The fourth-order valence-electron chi connectivity index (χ4n) is 2.47. The molecule has 1 aliphatic rings. The smallest absolute Gasteiger partial charge is 0.178 e. The van der Waals surface area contributed by atoms with Gasteiger partial charge in [0.1, 0.15) is 6.10 Å². The molecule has 0 heterocycles. The van der Waals surface area contributed by atoms with Gasteiger partial charge in [0, 0.05) is 0 Å². The third kappa shape index (κ3) is 3.44. The molecule has 96 valence electrons. The van der Waals surface area contributed by atoms with Crippen LogP contribution in [0, 0.1) is 11.3 Å². The van der Waals surface area contributed by atoms with E-state index in [-0.39, 0.29) is 6.10 Å². The van der Waals surface area contributed by atoms with Crippen LogP contribution in [-0.2, 0) is 4.74 Å². The number of hydrogen-bond acceptors (Lipinski definition) is 3. The van der Waals surface area contributed by atoms with Crippen molar-refractivity contribution in [2.45, 2.75) is 71.9 Å². The summed E-state index contributed by atoms with van der Waals surface area (Å²) >= 11 is 0. The summed E-state index contributed by atoms with van der Waals surface area (Å²) in [4.78, 5) is 0. The van der Waals surface area contributed by atoms with Crippen LogP contribution in [0.2, 0.25) is 0 Å². The Morgan fingerprint density at radius 3 is 2.38 bits per heavy atom. The van der Waals surface area contributed by atoms with Crippen molar-refractivity contribution in [2.75, 3.05) is 0 Å². The molecule has 1 saturated carbocycles.